The van der Waals surface area contributed by atoms with Crippen LogP contribution in [0.4, 0.5) is 0 Å². The number of rotatable bonds is 6. The Hall–Kier alpha value is -1.64. The van der Waals surface area contributed by atoms with E-state index in [0.717, 1.165) is 38.5 Å². The fourth-order valence-electron chi connectivity index (χ4n) is 5.57. The Morgan fingerprint density at radius 1 is 0.735 bits per heavy atom. The molecule has 0 radical (unpaired) electrons. The van der Waals surface area contributed by atoms with Crippen LogP contribution in [0.15, 0.2) is 69.9 Å². The predicted octanol–water partition coefficient (Wildman–Crippen LogP) is 8.79. The second-order valence-electron chi connectivity index (χ2n) is 11.7. The fraction of sp³-hybridized carbons (Fsp3) is 0.625. The van der Waals surface area contributed by atoms with Gasteiger partial charge in [-0.05, 0) is 88.2 Å². The zero-order chi connectivity index (χ0) is 26.1. The predicted molar refractivity (Wildman–Crippen MR) is 150 cm³/mol. The van der Waals surface area contributed by atoms with E-state index in [9.17, 15) is 10.2 Å². The highest BCUT2D eigenvalue weighted by Crippen LogP contribution is 2.42. The van der Waals surface area contributed by atoms with Crippen LogP contribution in [0.25, 0.3) is 0 Å². The molecule has 0 aliphatic heterocycles. The van der Waals surface area contributed by atoms with Gasteiger partial charge < -0.3 is 10.2 Å². The second kappa shape index (κ2) is 13.4. The Labute approximate surface area is 210 Å². The van der Waals surface area contributed by atoms with E-state index in [0.29, 0.717) is 0 Å². The van der Waals surface area contributed by atoms with Crippen LogP contribution in [-0.2, 0) is 0 Å². The molecular weight excluding hydrogens is 416 g/mol. The Balaban J connectivity index is 0.000000340. The third-order valence-corrected chi connectivity index (χ3v) is 7.03. The summed E-state index contributed by atoms with van der Waals surface area (Å²) in [6, 6.07) is 0. The minimum Gasteiger partial charge on any atom is -0.393 e. The fourth-order valence-corrected chi connectivity index (χ4v) is 5.57. The van der Waals surface area contributed by atoms with Gasteiger partial charge >= 0.3 is 0 Å². The molecule has 0 bridgehead atoms. The molecule has 0 saturated heterocycles. The minimum absolute atomic E-state index is 0.0880. The SMILES string of the molecule is CC/C=C(C)/C=C/C1=C(C)C[C@@H](O)CC1(C)C.CC/C=C(C)/C=C/C1=C(C)C[C@H](O)CC1(C)C. The largest absolute Gasteiger partial charge is 0.393 e. The van der Waals surface area contributed by atoms with E-state index in [4.69, 9.17) is 0 Å². The van der Waals surface area contributed by atoms with Crippen molar-refractivity contribution in [1.29, 1.82) is 0 Å². The second-order valence-corrected chi connectivity index (χ2v) is 11.7. The first kappa shape index (κ1) is 30.4. The zero-order valence-corrected chi connectivity index (χ0v) is 23.8. The maximum absolute atomic E-state index is 9.82. The molecule has 0 aromatic heterocycles. The van der Waals surface area contributed by atoms with Crippen molar-refractivity contribution in [1.82, 2.24) is 0 Å². The van der Waals surface area contributed by atoms with Crippen LogP contribution in [0.5, 0.6) is 0 Å². The van der Waals surface area contributed by atoms with Crippen LogP contribution in [-0.4, -0.2) is 22.4 Å². The van der Waals surface area contributed by atoms with E-state index in [1.807, 2.05) is 0 Å². The van der Waals surface area contributed by atoms with Gasteiger partial charge in [-0.25, -0.2) is 0 Å². The Morgan fingerprint density at radius 2 is 1.06 bits per heavy atom. The standard InChI is InChI=1S/2C16H26O/c2*1-6-7-12(2)8-9-15-13(3)10-14(17)11-16(15,4)5/h2*7-9,14,17H,6,10-11H2,1-5H3/b2*9-8+,12-7+/t2*14-/m10/s1. The van der Waals surface area contributed by atoms with Crippen molar-refractivity contribution in [2.75, 3.05) is 0 Å². The van der Waals surface area contributed by atoms with Crippen LogP contribution < -0.4 is 0 Å². The first-order chi connectivity index (χ1) is 15.7. The summed E-state index contributed by atoms with van der Waals surface area (Å²) in [6.07, 6.45) is 18.5. The van der Waals surface area contributed by atoms with Crippen molar-refractivity contribution in [2.45, 2.75) is 120 Å². The number of allylic oxidation sites excluding steroid dienone is 10. The van der Waals surface area contributed by atoms with Gasteiger partial charge in [0, 0.05) is 0 Å². The number of aliphatic hydroxyl groups excluding tert-OH is 2. The molecule has 2 heteroatoms. The summed E-state index contributed by atoms with van der Waals surface area (Å²) in [5.41, 5.74) is 8.25. The molecule has 2 nitrogen and oxygen atoms in total. The molecule has 34 heavy (non-hydrogen) atoms. The first-order valence-electron chi connectivity index (χ1n) is 13.2. The maximum Gasteiger partial charge on any atom is 0.0585 e. The van der Waals surface area contributed by atoms with Crippen molar-refractivity contribution in [3.8, 4) is 0 Å². The summed E-state index contributed by atoms with van der Waals surface area (Å²) in [6.45, 7) is 21.8. The highest BCUT2D eigenvalue weighted by atomic mass is 16.3. The molecule has 0 amide bonds. The lowest BCUT2D eigenvalue weighted by Crippen LogP contribution is -2.28. The smallest absolute Gasteiger partial charge is 0.0585 e. The van der Waals surface area contributed by atoms with Crippen LogP contribution >= 0.6 is 0 Å². The van der Waals surface area contributed by atoms with E-state index >= 15 is 0 Å². The van der Waals surface area contributed by atoms with Crippen molar-refractivity contribution in [3.05, 3.63) is 69.9 Å². The van der Waals surface area contributed by atoms with Crippen LogP contribution in [0.2, 0.25) is 0 Å². The zero-order valence-electron chi connectivity index (χ0n) is 23.8. The van der Waals surface area contributed by atoms with Gasteiger partial charge in [0.1, 0.15) is 0 Å². The Morgan fingerprint density at radius 3 is 1.32 bits per heavy atom. The molecule has 0 heterocycles. The Bertz CT molecular complexity index is 783. The average Bonchev–Trinajstić information content (AvgIpc) is 2.65. The molecule has 2 aliphatic rings. The molecule has 0 aromatic carbocycles. The van der Waals surface area contributed by atoms with Gasteiger partial charge in [0.15, 0.2) is 0 Å². The number of aliphatic hydroxyl groups is 2. The van der Waals surface area contributed by atoms with Crippen LogP contribution in [0, 0.1) is 10.8 Å². The summed E-state index contributed by atoms with van der Waals surface area (Å²) in [4.78, 5) is 0. The van der Waals surface area contributed by atoms with E-state index in [1.54, 1.807) is 0 Å². The van der Waals surface area contributed by atoms with Gasteiger partial charge in [-0.15, -0.1) is 0 Å². The quantitative estimate of drug-likeness (QED) is 0.382. The average molecular weight is 469 g/mol. The molecule has 0 aromatic rings. The van der Waals surface area contributed by atoms with E-state index in [2.05, 4.69) is 106 Å². The third kappa shape index (κ3) is 9.55. The molecular formula is C32H52O2. The lowest BCUT2D eigenvalue weighted by Gasteiger charge is -2.35. The highest BCUT2D eigenvalue weighted by Gasteiger charge is 2.32. The molecule has 192 valence electrons. The molecule has 0 fully saturated rings. The van der Waals surface area contributed by atoms with Crippen molar-refractivity contribution < 1.29 is 10.2 Å². The third-order valence-electron chi connectivity index (χ3n) is 7.03. The van der Waals surface area contributed by atoms with Crippen LogP contribution in [0.1, 0.15) is 108 Å². The molecule has 0 saturated carbocycles. The number of hydrogen-bond acceptors (Lipinski definition) is 2. The van der Waals surface area contributed by atoms with Crippen molar-refractivity contribution in [3.63, 3.8) is 0 Å². The summed E-state index contributed by atoms with van der Waals surface area (Å²) in [7, 11) is 0. The highest BCUT2D eigenvalue weighted by molar-refractivity contribution is 5.37. The van der Waals surface area contributed by atoms with Crippen molar-refractivity contribution in [2.24, 2.45) is 10.8 Å². The Kier molecular flexibility index (Phi) is 12.0. The van der Waals surface area contributed by atoms with E-state index in [-0.39, 0.29) is 23.0 Å². The molecule has 2 atom stereocenters. The monoisotopic (exact) mass is 468 g/mol. The molecule has 0 spiro atoms. The minimum atomic E-state index is -0.172. The van der Waals surface area contributed by atoms with Gasteiger partial charge in [0.05, 0.1) is 12.2 Å². The lowest BCUT2D eigenvalue weighted by atomic mass is 9.71. The van der Waals surface area contributed by atoms with Gasteiger partial charge in [-0.3, -0.25) is 0 Å². The maximum atomic E-state index is 9.82. The summed E-state index contributed by atoms with van der Waals surface area (Å²) < 4.78 is 0. The summed E-state index contributed by atoms with van der Waals surface area (Å²) >= 11 is 0. The normalized spacial score (nSPS) is 25.8. The van der Waals surface area contributed by atoms with Crippen molar-refractivity contribution >= 4 is 0 Å². The number of hydrogen-bond donors (Lipinski definition) is 2. The molecule has 2 rings (SSSR count). The molecule has 2 aliphatic carbocycles. The summed E-state index contributed by atoms with van der Waals surface area (Å²) in [5, 5.41) is 19.6. The lowest BCUT2D eigenvalue weighted by molar-refractivity contribution is 0.116. The van der Waals surface area contributed by atoms with Gasteiger partial charge in [-0.1, -0.05) is 100 Å². The first-order valence-corrected chi connectivity index (χ1v) is 13.2. The van der Waals surface area contributed by atoms with E-state index < -0.39 is 0 Å². The van der Waals surface area contributed by atoms with E-state index in [1.165, 1.54) is 33.4 Å². The van der Waals surface area contributed by atoms with Gasteiger partial charge in [-0.2, -0.15) is 0 Å². The molecule has 2 N–H and O–H groups in total. The summed E-state index contributed by atoms with van der Waals surface area (Å²) in [5.74, 6) is 0. The molecule has 0 unspecified atom stereocenters. The van der Waals surface area contributed by atoms with Gasteiger partial charge in [0.25, 0.3) is 0 Å². The topological polar surface area (TPSA) is 40.5 Å². The van der Waals surface area contributed by atoms with Crippen LogP contribution in [0.3, 0.4) is 0 Å². The van der Waals surface area contributed by atoms with Gasteiger partial charge in [0.2, 0.25) is 0 Å².